The molecule has 0 aliphatic carbocycles. The first-order chi connectivity index (χ1) is 9.65. The van der Waals surface area contributed by atoms with Crippen molar-refractivity contribution in [3.63, 3.8) is 0 Å². The maximum atomic E-state index is 4.50. The summed E-state index contributed by atoms with van der Waals surface area (Å²) < 4.78 is 1.81. The molecule has 0 amide bonds. The van der Waals surface area contributed by atoms with E-state index >= 15 is 0 Å². The fraction of sp³-hybridized carbons (Fsp3) is 0.400. The summed E-state index contributed by atoms with van der Waals surface area (Å²) in [4.78, 5) is 0. The highest BCUT2D eigenvalue weighted by Gasteiger charge is 2.08. The highest BCUT2D eigenvalue weighted by molar-refractivity contribution is 7.98. The highest BCUT2D eigenvalue weighted by atomic mass is 32.2. The van der Waals surface area contributed by atoms with Crippen LogP contribution in [-0.2, 0) is 6.42 Å². The smallest absolute Gasteiger partial charge is 0.192 e. The summed E-state index contributed by atoms with van der Waals surface area (Å²) in [7, 11) is 0. The predicted octanol–water partition coefficient (Wildman–Crippen LogP) is 3.57. The Kier molecular flexibility index (Phi) is 4.95. The van der Waals surface area contributed by atoms with E-state index in [1.165, 1.54) is 5.56 Å². The number of aromatic nitrogens is 3. The Bertz CT molecular complexity index is 563. The number of thioether (sulfide) groups is 1. The fourth-order valence-corrected chi connectivity index (χ4v) is 2.30. The fourth-order valence-electron chi connectivity index (χ4n) is 1.85. The Labute approximate surface area is 124 Å². The first-order valence-corrected chi connectivity index (χ1v) is 8.00. The van der Waals surface area contributed by atoms with Crippen molar-refractivity contribution in [1.82, 2.24) is 14.9 Å². The van der Waals surface area contributed by atoms with Crippen LogP contribution in [0.15, 0.2) is 34.5 Å². The van der Waals surface area contributed by atoms with Gasteiger partial charge in [-0.15, -0.1) is 10.2 Å². The minimum atomic E-state index is 0.550. The number of hydrogen-bond acceptors (Lipinski definition) is 4. The van der Waals surface area contributed by atoms with E-state index in [0.29, 0.717) is 5.92 Å². The molecule has 2 rings (SSSR count). The second kappa shape index (κ2) is 6.70. The maximum Gasteiger partial charge on any atom is 0.211 e. The summed E-state index contributed by atoms with van der Waals surface area (Å²) in [6.45, 7) is 6.44. The minimum absolute atomic E-state index is 0.550. The molecule has 20 heavy (non-hydrogen) atoms. The van der Waals surface area contributed by atoms with Crippen LogP contribution in [0.4, 0.5) is 0 Å². The van der Waals surface area contributed by atoms with E-state index in [4.69, 9.17) is 0 Å². The molecule has 0 radical (unpaired) electrons. The van der Waals surface area contributed by atoms with Crippen LogP contribution in [0.2, 0.25) is 0 Å². The van der Waals surface area contributed by atoms with Gasteiger partial charge in [-0.05, 0) is 23.3 Å². The average molecular weight is 288 g/mol. The molecule has 106 valence electrons. The Balaban J connectivity index is 2.22. The third-order valence-corrected chi connectivity index (χ3v) is 3.72. The van der Waals surface area contributed by atoms with Crippen molar-refractivity contribution in [2.24, 2.45) is 5.10 Å². The molecule has 0 aliphatic heterocycles. The maximum absolute atomic E-state index is 4.50. The van der Waals surface area contributed by atoms with Gasteiger partial charge in [-0.3, -0.25) is 0 Å². The Morgan fingerprint density at radius 2 is 1.95 bits per heavy atom. The van der Waals surface area contributed by atoms with E-state index in [9.17, 15) is 0 Å². The van der Waals surface area contributed by atoms with Crippen LogP contribution in [-0.4, -0.2) is 27.3 Å². The molecule has 0 atom stereocenters. The van der Waals surface area contributed by atoms with Gasteiger partial charge in [0.15, 0.2) is 5.82 Å². The second-order valence-corrected chi connectivity index (χ2v) is 5.61. The molecule has 0 saturated carbocycles. The van der Waals surface area contributed by atoms with Gasteiger partial charge in [0.05, 0.1) is 6.21 Å². The van der Waals surface area contributed by atoms with Crippen molar-refractivity contribution in [2.45, 2.75) is 38.3 Å². The van der Waals surface area contributed by atoms with Crippen LogP contribution < -0.4 is 0 Å². The molecule has 0 spiro atoms. The Morgan fingerprint density at radius 3 is 2.50 bits per heavy atom. The normalized spacial score (nSPS) is 11.7. The number of rotatable bonds is 5. The molecule has 0 saturated heterocycles. The lowest BCUT2D eigenvalue weighted by Crippen LogP contribution is -1.98. The molecule has 1 heterocycles. The van der Waals surface area contributed by atoms with Gasteiger partial charge in [0.25, 0.3) is 0 Å². The lowest BCUT2D eigenvalue weighted by atomic mass is 10.0. The van der Waals surface area contributed by atoms with Gasteiger partial charge in [-0.1, -0.05) is 56.8 Å². The number of aryl methyl sites for hydroxylation is 1. The zero-order valence-electron chi connectivity index (χ0n) is 12.4. The summed E-state index contributed by atoms with van der Waals surface area (Å²) >= 11 is 1.55. The summed E-state index contributed by atoms with van der Waals surface area (Å²) in [5, 5.41) is 13.6. The molecule has 0 N–H and O–H groups in total. The van der Waals surface area contributed by atoms with Gasteiger partial charge >= 0.3 is 0 Å². The highest BCUT2D eigenvalue weighted by Crippen LogP contribution is 2.15. The number of benzene rings is 1. The predicted molar refractivity (Wildman–Crippen MR) is 84.7 cm³/mol. The molecule has 1 aromatic carbocycles. The van der Waals surface area contributed by atoms with E-state index in [-0.39, 0.29) is 0 Å². The Morgan fingerprint density at radius 1 is 1.25 bits per heavy atom. The van der Waals surface area contributed by atoms with Crippen molar-refractivity contribution in [2.75, 3.05) is 6.26 Å². The lowest BCUT2D eigenvalue weighted by molar-refractivity contribution is 0.723. The van der Waals surface area contributed by atoms with E-state index in [2.05, 4.69) is 60.3 Å². The van der Waals surface area contributed by atoms with Crippen molar-refractivity contribution in [1.29, 1.82) is 0 Å². The molecule has 1 aromatic heterocycles. The zero-order valence-corrected chi connectivity index (χ0v) is 13.2. The largest absolute Gasteiger partial charge is 0.211 e. The summed E-state index contributed by atoms with van der Waals surface area (Å²) in [6, 6.07) is 8.48. The zero-order chi connectivity index (χ0) is 14.5. The molecule has 0 aliphatic rings. The SMILES string of the molecule is CCc1nnc(SC)n1/N=C\c1ccc(C(C)C)cc1. The average Bonchev–Trinajstić information content (AvgIpc) is 2.87. The molecule has 2 aromatic rings. The van der Waals surface area contributed by atoms with Gasteiger partial charge in [-0.25, -0.2) is 0 Å². The van der Waals surface area contributed by atoms with Crippen molar-refractivity contribution in [3.05, 3.63) is 41.2 Å². The van der Waals surface area contributed by atoms with Crippen LogP contribution in [0.5, 0.6) is 0 Å². The summed E-state index contributed by atoms with van der Waals surface area (Å²) in [6.07, 6.45) is 4.65. The van der Waals surface area contributed by atoms with Crippen LogP contribution in [0.3, 0.4) is 0 Å². The minimum Gasteiger partial charge on any atom is -0.192 e. The van der Waals surface area contributed by atoms with E-state index < -0.39 is 0 Å². The third kappa shape index (κ3) is 3.28. The van der Waals surface area contributed by atoms with Crippen molar-refractivity contribution in [3.8, 4) is 0 Å². The van der Waals surface area contributed by atoms with Gasteiger partial charge in [0.1, 0.15) is 0 Å². The third-order valence-electron chi connectivity index (χ3n) is 3.10. The lowest BCUT2D eigenvalue weighted by Gasteiger charge is -2.05. The molecule has 5 heteroatoms. The van der Waals surface area contributed by atoms with Gasteiger partial charge in [-0.2, -0.15) is 9.78 Å². The first kappa shape index (κ1) is 14.8. The monoisotopic (exact) mass is 288 g/mol. The first-order valence-electron chi connectivity index (χ1n) is 6.78. The molecule has 0 unspecified atom stereocenters. The number of hydrogen-bond donors (Lipinski definition) is 0. The van der Waals surface area contributed by atoms with E-state index in [1.54, 1.807) is 16.4 Å². The van der Waals surface area contributed by atoms with Gasteiger partial charge < -0.3 is 0 Å². The van der Waals surface area contributed by atoms with Crippen LogP contribution in [0.25, 0.3) is 0 Å². The van der Waals surface area contributed by atoms with Crippen molar-refractivity contribution >= 4 is 18.0 Å². The van der Waals surface area contributed by atoms with Crippen molar-refractivity contribution < 1.29 is 0 Å². The summed E-state index contributed by atoms with van der Waals surface area (Å²) in [5.41, 5.74) is 2.42. The molecular formula is C15H20N4S. The Hall–Kier alpha value is -1.62. The second-order valence-electron chi connectivity index (χ2n) is 4.83. The van der Waals surface area contributed by atoms with Crippen LogP contribution >= 0.6 is 11.8 Å². The van der Waals surface area contributed by atoms with Gasteiger partial charge in [0, 0.05) is 6.42 Å². The quantitative estimate of drug-likeness (QED) is 0.624. The molecule has 4 nitrogen and oxygen atoms in total. The molecule has 0 bridgehead atoms. The van der Waals surface area contributed by atoms with Crippen LogP contribution in [0, 0.1) is 0 Å². The summed E-state index contributed by atoms with van der Waals surface area (Å²) in [5.74, 6) is 1.43. The molecular weight excluding hydrogens is 268 g/mol. The van der Waals surface area contributed by atoms with Crippen LogP contribution in [0.1, 0.15) is 43.6 Å². The standard InChI is InChI=1S/C15H20N4S/c1-5-14-17-18-15(20-4)19(14)16-10-12-6-8-13(9-7-12)11(2)3/h6-11H,5H2,1-4H3/b16-10-. The number of nitrogens with zero attached hydrogens (tertiary/aromatic N) is 4. The molecule has 0 fully saturated rings. The van der Waals surface area contributed by atoms with Gasteiger partial charge in [0.2, 0.25) is 5.16 Å². The van der Waals surface area contributed by atoms with E-state index in [0.717, 1.165) is 23.0 Å². The topological polar surface area (TPSA) is 43.1 Å². The van der Waals surface area contributed by atoms with E-state index in [1.807, 2.05) is 12.5 Å².